The van der Waals surface area contributed by atoms with Gasteiger partial charge in [-0.3, -0.25) is 9.59 Å². The number of pyridine rings is 1. The molecule has 0 radical (unpaired) electrons. The molecule has 1 saturated heterocycles. The van der Waals surface area contributed by atoms with Gasteiger partial charge in [-0.15, -0.1) is 0 Å². The lowest BCUT2D eigenvalue weighted by Crippen LogP contribution is -2.43. The van der Waals surface area contributed by atoms with Crippen LogP contribution in [0.15, 0.2) is 47.5 Å². The van der Waals surface area contributed by atoms with Gasteiger partial charge in [0.05, 0.1) is 13.0 Å². The number of nitrogens with zero attached hydrogens (tertiary/aromatic N) is 3. The fourth-order valence-electron chi connectivity index (χ4n) is 3.43. The van der Waals surface area contributed by atoms with Gasteiger partial charge < -0.3 is 15.0 Å². The van der Waals surface area contributed by atoms with Crippen LogP contribution in [-0.4, -0.2) is 68.7 Å². The third-order valence-electron chi connectivity index (χ3n) is 5.16. The van der Waals surface area contributed by atoms with E-state index >= 15 is 0 Å². The summed E-state index contributed by atoms with van der Waals surface area (Å²) in [5.74, 6) is -0.265. The topological polar surface area (TPSA) is 109 Å². The molecule has 2 heterocycles. The van der Waals surface area contributed by atoms with Crippen LogP contribution in [-0.2, 0) is 14.8 Å². The molecule has 0 saturated carbocycles. The molecule has 0 spiro atoms. The van der Waals surface area contributed by atoms with Crippen molar-refractivity contribution in [2.24, 2.45) is 5.92 Å². The molecule has 1 N–H and O–H groups in total. The van der Waals surface area contributed by atoms with Crippen LogP contribution in [0.3, 0.4) is 0 Å². The monoisotopic (exact) mass is 446 g/mol. The first-order valence-corrected chi connectivity index (χ1v) is 11.3. The maximum Gasteiger partial charge on any atom is 0.253 e. The molecule has 1 aromatic carbocycles. The number of anilines is 1. The largest absolute Gasteiger partial charge is 0.495 e. The van der Waals surface area contributed by atoms with Crippen molar-refractivity contribution < 1.29 is 22.7 Å². The van der Waals surface area contributed by atoms with E-state index in [2.05, 4.69) is 10.3 Å². The van der Waals surface area contributed by atoms with Gasteiger partial charge in [-0.05, 0) is 43.2 Å². The number of sulfonamides is 1. The summed E-state index contributed by atoms with van der Waals surface area (Å²) in [4.78, 5) is 31.3. The summed E-state index contributed by atoms with van der Waals surface area (Å²) in [6, 6.07) is 9.58. The number of likely N-dealkylation sites (tertiary alicyclic amines) is 1. The Bertz CT molecular complexity index is 1060. The van der Waals surface area contributed by atoms with Gasteiger partial charge in [-0.25, -0.2) is 17.7 Å². The molecule has 1 aromatic heterocycles. The van der Waals surface area contributed by atoms with E-state index < -0.39 is 10.0 Å². The minimum Gasteiger partial charge on any atom is -0.495 e. The van der Waals surface area contributed by atoms with Gasteiger partial charge in [0, 0.05) is 38.9 Å². The van der Waals surface area contributed by atoms with Crippen molar-refractivity contribution in [2.75, 3.05) is 39.6 Å². The van der Waals surface area contributed by atoms with Crippen LogP contribution in [0.25, 0.3) is 0 Å². The van der Waals surface area contributed by atoms with Crippen LogP contribution < -0.4 is 10.1 Å². The summed E-state index contributed by atoms with van der Waals surface area (Å²) in [5.41, 5.74) is 0.229. The first kappa shape index (κ1) is 22.7. The quantitative estimate of drug-likeness (QED) is 0.725. The molecule has 2 aromatic rings. The molecule has 1 aliphatic rings. The number of hydrogen-bond donors (Lipinski definition) is 1. The number of aromatic nitrogens is 1. The van der Waals surface area contributed by atoms with Crippen LogP contribution in [0.4, 0.5) is 5.82 Å². The first-order chi connectivity index (χ1) is 14.7. The number of methoxy groups -OCH3 is 1. The van der Waals surface area contributed by atoms with E-state index in [-0.39, 0.29) is 40.5 Å². The van der Waals surface area contributed by atoms with Crippen LogP contribution in [0, 0.1) is 5.92 Å². The van der Waals surface area contributed by atoms with Crippen LogP contribution in [0.2, 0.25) is 0 Å². The summed E-state index contributed by atoms with van der Waals surface area (Å²) < 4.78 is 31.5. The number of carbonyl (C=O) groups is 2. The summed E-state index contributed by atoms with van der Waals surface area (Å²) in [5, 5.41) is 2.78. The van der Waals surface area contributed by atoms with Crippen LogP contribution >= 0.6 is 0 Å². The summed E-state index contributed by atoms with van der Waals surface area (Å²) in [6.45, 7) is 0.743. The van der Waals surface area contributed by atoms with Crippen molar-refractivity contribution in [1.82, 2.24) is 14.2 Å². The minimum atomic E-state index is -3.80. The average Bonchev–Trinajstić information content (AvgIpc) is 2.78. The van der Waals surface area contributed by atoms with E-state index in [1.165, 1.54) is 39.4 Å². The molecule has 166 valence electrons. The molecule has 2 amide bonds. The molecular weight excluding hydrogens is 420 g/mol. The Morgan fingerprint density at radius 3 is 2.65 bits per heavy atom. The third-order valence-corrected chi connectivity index (χ3v) is 7.00. The molecule has 1 fully saturated rings. The fourth-order valence-corrected chi connectivity index (χ4v) is 4.51. The Morgan fingerprint density at radius 2 is 2.00 bits per heavy atom. The Hall–Kier alpha value is -2.98. The van der Waals surface area contributed by atoms with E-state index in [4.69, 9.17) is 4.74 Å². The summed E-state index contributed by atoms with van der Waals surface area (Å²) in [6.07, 6.45) is 2.92. The SMILES string of the molecule is COc1ccc(C(=O)N2CCC[C@H](C(=O)Nc3ccccn3)C2)cc1S(=O)(=O)N(C)C. The number of benzene rings is 1. The molecule has 10 heteroatoms. The summed E-state index contributed by atoms with van der Waals surface area (Å²) in [7, 11) is 0.408. The molecule has 31 heavy (non-hydrogen) atoms. The predicted molar refractivity (Wildman–Crippen MR) is 115 cm³/mol. The van der Waals surface area contributed by atoms with Gasteiger partial charge in [-0.1, -0.05) is 6.07 Å². The molecule has 1 aliphatic heterocycles. The molecule has 9 nitrogen and oxygen atoms in total. The van der Waals surface area contributed by atoms with Crippen molar-refractivity contribution in [2.45, 2.75) is 17.7 Å². The van der Waals surface area contributed by atoms with Gasteiger partial charge in [0.2, 0.25) is 15.9 Å². The zero-order valence-electron chi connectivity index (χ0n) is 17.7. The van der Waals surface area contributed by atoms with Crippen molar-refractivity contribution in [3.8, 4) is 5.75 Å². The first-order valence-electron chi connectivity index (χ1n) is 9.85. The second-order valence-electron chi connectivity index (χ2n) is 7.45. The van der Waals surface area contributed by atoms with Gasteiger partial charge in [0.25, 0.3) is 5.91 Å². The Morgan fingerprint density at radius 1 is 1.23 bits per heavy atom. The normalized spacial score (nSPS) is 16.8. The lowest BCUT2D eigenvalue weighted by Gasteiger charge is -2.32. The number of hydrogen-bond acceptors (Lipinski definition) is 6. The van der Waals surface area contributed by atoms with E-state index in [1.807, 2.05) is 0 Å². The van der Waals surface area contributed by atoms with Crippen LogP contribution in [0.5, 0.6) is 5.75 Å². The van der Waals surface area contributed by atoms with E-state index in [9.17, 15) is 18.0 Å². The highest BCUT2D eigenvalue weighted by atomic mass is 32.2. The fraction of sp³-hybridized carbons (Fsp3) is 0.381. The van der Waals surface area contributed by atoms with Gasteiger partial charge >= 0.3 is 0 Å². The number of ether oxygens (including phenoxy) is 1. The molecule has 0 aliphatic carbocycles. The highest BCUT2D eigenvalue weighted by Gasteiger charge is 2.30. The Balaban J connectivity index is 1.78. The van der Waals surface area contributed by atoms with Gasteiger partial charge in [0.1, 0.15) is 16.5 Å². The van der Waals surface area contributed by atoms with Crippen molar-refractivity contribution >= 4 is 27.7 Å². The second-order valence-corrected chi connectivity index (χ2v) is 9.57. The predicted octanol–water partition coefficient (Wildman–Crippen LogP) is 1.83. The maximum absolute atomic E-state index is 13.1. The summed E-state index contributed by atoms with van der Waals surface area (Å²) >= 11 is 0. The Labute approximate surface area is 182 Å². The maximum atomic E-state index is 13.1. The lowest BCUT2D eigenvalue weighted by atomic mass is 9.96. The highest BCUT2D eigenvalue weighted by Crippen LogP contribution is 2.28. The van der Waals surface area contributed by atoms with E-state index in [0.29, 0.717) is 25.2 Å². The number of carbonyl (C=O) groups excluding carboxylic acids is 2. The van der Waals surface area contributed by atoms with Crippen molar-refractivity contribution in [3.05, 3.63) is 48.2 Å². The molecule has 0 bridgehead atoms. The van der Waals surface area contributed by atoms with Gasteiger partial charge in [-0.2, -0.15) is 0 Å². The highest BCUT2D eigenvalue weighted by molar-refractivity contribution is 7.89. The lowest BCUT2D eigenvalue weighted by molar-refractivity contribution is -0.121. The number of amides is 2. The molecule has 0 unspecified atom stereocenters. The third kappa shape index (κ3) is 5.02. The smallest absolute Gasteiger partial charge is 0.253 e. The zero-order chi connectivity index (χ0) is 22.6. The minimum absolute atomic E-state index is 0.0766. The number of rotatable bonds is 6. The molecular formula is C21H26N4O5S. The Kier molecular flexibility index (Phi) is 6.91. The van der Waals surface area contributed by atoms with Crippen LogP contribution in [0.1, 0.15) is 23.2 Å². The number of nitrogens with one attached hydrogen (secondary N) is 1. The second kappa shape index (κ2) is 9.44. The number of piperidine rings is 1. The molecule has 3 rings (SSSR count). The van der Waals surface area contributed by atoms with E-state index in [1.54, 1.807) is 29.3 Å². The van der Waals surface area contributed by atoms with Crippen molar-refractivity contribution in [3.63, 3.8) is 0 Å². The van der Waals surface area contributed by atoms with Crippen molar-refractivity contribution in [1.29, 1.82) is 0 Å². The average molecular weight is 447 g/mol. The van der Waals surface area contributed by atoms with Gasteiger partial charge in [0.15, 0.2) is 0 Å². The van der Waals surface area contributed by atoms with E-state index in [0.717, 1.165) is 4.31 Å². The standard InChI is InChI=1S/C21H26N4O5S/c1-24(2)31(28,29)18-13-15(9-10-17(18)30-3)21(27)25-12-6-7-16(14-25)20(26)23-19-8-4-5-11-22-19/h4-5,8-11,13,16H,6-7,12,14H2,1-3H3,(H,22,23,26)/t16-/m0/s1. The molecule has 1 atom stereocenters. The zero-order valence-corrected chi connectivity index (χ0v) is 18.6.